The molecule has 2 saturated heterocycles. The second kappa shape index (κ2) is 10.8. The van der Waals surface area contributed by atoms with Crippen LogP contribution >= 0.6 is 0 Å². The topological polar surface area (TPSA) is 150 Å². The molecule has 1 aromatic carbocycles. The van der Waals surface area contributed by atoms with Gasteiger partial charge in [0.05, 0.1) is 24.3 Å². The number of rotatable bonds is 7. The predicted octanol–water partition coefficient (Wildman–Crippen LogP) is 1.97. The minimum Gasteiger partial charge on any atom is -0.475 e. The molecule has 1 aromatic rings. The third-order valence-corrected chi connectivity index (χ3v) is 9.16. The molecule has 3 N–H and O–H groups in total. The minimum absolute atomic E-state index is 0.0872. The van der Waals surface area contributed by atoms with Gasteiger partial charge in [0, 0.05) is 19.6 Å². The highest BCUT2D eigenvalue weighted by molar-refractivity contribution is 5.98. The van der Waals surface area contributed by atoms with Crippen molar-refractivity contribution in [2.75, 3.05) is 25.1 Å². The van der Waals surface area contributed by atoms with E-state index >= 15 is 0 Å². The highest BCUT2D eigenvalue weighted by Gasteiger charge is 2.69. The van der Waals surface area contributed by atoms with Gasteiger partial charge >= 0.3 is 0 Å². The van der Waals surface area contributed by atoms with E-state index in [1.807, 2.05) is 40.7 Å². The van der Waals surface area contributed by atoms with Gasteiger partial charge in [-0.25, -0.2) is 4.39 Å². The molecule has 11 nitrogen and oxygen atoms in total. The summed E-state index contributed by atoms with van der Waals surface area (Å²) < 4.78 is 25.2. The largest absolute Gasteiger partial charge is 0.475 e. The Hall–Kier alpha value is -3.72. The summed E-state index contributed by atoms with van der Waals surface area (Å²) in [6.07, 6.45) is -0.837. The van der Waals surface area contributed by atoms with Gasteiger partial charge in [-0.2, -0.15) is 5.26 Å². The van der Waals surface area contributed by atoms with Crippen LogP contribution in [0.5, 0.6) is 5.75 Å². The number of hydrogen-bond acceptors (Lipinski definition) is 7. The number of nitriles is 1. The zero-order valence-electron chi connectivity index (χ0n) is 24.5. The number of ether oxygens (including phenoxy) is 2. The number of anilines is 1. The molecule has 1 aliphatic carbocycles. The number of piperidine rings is 1. The summed E-state index contributed by atoms with van der Waals surface area (Å²) in [4.78, 5) is 54.9. The Morgan fingerprint density at radius 2 is 1.98 bits per heavy atom. The fourth-order valence-electron chi connectivity index (χ4n) is 6.54. The van der Waals surface area contributed by atoms with Gasteiger partial charge in [-0.15, -0.1) is 0 Å². The molecule has 0 unspecified atom stereocenters. The highest BCUT2D eigenvalue weighted by Crippen LogP contribution is 2.65. The van der Waals surface area contributed by atoms with Gasteiger partial charge in [0.1, 0.15) is 18.1 Å². The molecule has 0 spiro atoms. The molecule has 4 amide bonds. The molecule has 3 heterocycles. The van der Waals surface area contributed by atoms with Crippen LogP contribution in [0.2, 0.25) is 0 Å². The molecular weight excluding hydrogens is 545 g/mol. The maximum Gasteiger partial charge on any atom is 0.265 e. The number of carbonyl (C=O) groups is 4. The molecule has 4 aliphatic rings. The van der Waals surface area contributed by atoms with Crippen molar-refractivity contribution >= 4 is 29.3 Å². The molecule has 0 bridgehead atoms. The SMILES string of the molecule is CC(C)(C)[C@H](NC(=O)[C@@H]1CCOC1)C(=O)N1C[C@H]2[C@@H]([C@H]1C(=O)N[C@H](C#N)C[C@@H]1Oc3c(F)cccc3NC1=O)C2(C)C. The number of para-hydroxylation sites is 1. The van der Waals surface area contributed by atoms with E-state index in [0.29, 0.717) is 26.2 Å². The molecule has 3 fully saturated rings. The van der Waals surface area contributed by atoms with Crippen LogP contribution < -0.4 is 20.7 Å². The van der Waals surface area contributed by atoms with Crippen LogP contribution in [0.3, 0.4) is 0 Å². The lowest BCUT2D eigenvalue weighted by Crippen LogP contribution is -2.60. The average Bonchev–Trinajstić information content (AvgIpc) is 3.37. The minimum atomic E-state index is -1.20. The van der Waals surface area contributed by atoms with Crippen molar-refractivity contribution in [3.63, 3.8) is 0 Å². The van der Waals surface area contributed by atoms with Crippen molar-refractivity contribution in [2.45, 2.75) is 71.7 Å². The Kier molecular flexibility index (Phi) is 7.68. The van der Waals surface area contributed by atoms with Crippen molar-refractivity contribution < 1.29 is 33.0 Å². The van der Waals surface area contributed by atoms with Crippen molar-refractivity contribution in [2.24, 2.45) is 28.6 Å². The van der Waals surface area contributed by atoms with Crippen LogP contribution in [0, 0.1) is 45.7 Å². The van der Waals surface area contributed by atoms with Gasteiger partial charge in [0.2, 0.25) is 17.7 Å². The number of hydrogen-bond donors (Lipinski definition) is 3. The first kappa shape index (κ1) is 29.8. The van der Waals surface area contributed by atoms with Crippen LogP contribution in [-0.2, 0) is 23.9 Å². The monoisotopic (exact) mass is 583 g/mol. The Morgan fingerprint density at radius 1 is 1.24 bits per heavy atom. The zero-order chi connectivity index (χ0) is 30.6. The number of carbonyl (C=O) groups excluding carboxylic acids is 4. The average molecular weight is 584 g/mol. The standard InChI is InChI=1S/C30H38FN5O6/c1-29(2,3)24(35-25(37)15-9-10-41-14-15)28(40)36-13-17-21(30(17,4)5)22(36)27(39)33-16(12-32)11-20-26(38)34-19-8-6-7-18(31)23(19)42-20/h6-8,15-17,20-22,24H,9-11,13-14H2,1-5H3,(H,33,39)(H,34,38)(H,35,37)/t15-,16+,17+,20+,21+,22+,24-/m1/s1. The van der Waals surface area contributed by atoms with Gasteiger partial charge in [-0.3, -0.25) is 19.2 Å². The van der Waals surface area contributed by atoms with E-state index in [2.05, 4.69) is 16.0 Å². The van der Waals surface area contributed by atoms with E-state index in [9.17, 15) is 28.8 Å². The maximum atomic E-state index is 14.3. The van der Waals surface area contributed by atoms with Crippen LogP contribution in [-0.4, -0.2) is 72.5 Å². The van der Waals surface area contributed by atoms with Gasteiger partial charge in [-0.05, 0) is 41.2 Å². The molecule has 226 valence electrons. The second-order valence-electron chi connectivity index (χ2n) is 13.4. The summed E-state index contributed by atoms with van der Waals surface area (Å²) in [5, 5.41) is 18.1. The quantitative estimate of drug-likeness (QED) is 0.444. The number of halogens is 1. The van der Waals surface area contributed by atoms with E-state index in [4.69, 9.17) is 9.47 Å². The Morgan fingerprint density at radius 3 is 2.62 bits per heavy atom. The van der Waals surface area contributed by atoms with Crippen molar-refractivity contribution in [1.29, 1.82) is 5.26 Å². The first-order valence-electron chi connectivity index (χ1n) is 14.4. The van der Waals surface area contributed by atoms with Crippen LogP contribution in [0.4, 0.5) is 10.1 Å². The lowest BCUT2D eigenvalue weighted by Gasteiger charge is -2.38. The van der Waals surface area contributed by atoms with Crippen LogP contribution in [0.15, 0.2) is 18.2 Å². The predicted molar refractivity (Wildman–Crippen MR) is 148 cm³/mol. The Labute approximate surface area is 244 Å². The molecule has 42 heavy (non-hydrogen) atoms. The Balaban J connectivity index is 1.31. The lowest BCUT2D eigenvalue weighted by atomic mass is 9.84. The third kappa shape index (κ3) is 5.42. The number of likely N-dealkylation sites (tertiary alicyclic amines) is 1. The van der Waals surface area contributed by atoms with Gasteiger partial charge in [0.25, 0.3) is 5.91 Å². The second-order valence-corrected chi connectivity index (χ2v) is 13.4. The number of nitrogens with one attached hydrogen (secondary N) is 3. The highest BCUT2D eigenvalue weighted by atomic mass is 19.1. The molecule has 12 heteroatoms. The van der Waals surface area contributed by atoms with Crippen molar-refractivity contribution in [3.8, 4) is 11.8 Å². The summed E-state index contributed by atoms with van der Waals surface area (Å²) in [5.41, 5.74) is -0.630. The fraction of sp³-hybridized carbons (Fsp3) is 0.633. The maximum absolute atomic E-state index is 14.3. The smallest absolute Gasteiger partial charge is 0.265 e. The van der Waals surface area contributed by atoms with E-state index in [1.165, 1.54) is 23.1 Å². The van der Waals surface area contributed by atoms with Crippen molar-refractivity contribution in [3.05, 3.63) is 24.0 Å². The molecule has 0 aromatic heterocycles. The van der Waals surface area contributed by atoms with E-state index in [0.717, 1.165) is 0 Å². The molecule has 0 radical (unpaired) electrons. The van der Waals surface area contributed by atoms with E-state index < -0.39 is 47.3 Å². The van der Waals surface area contributed by atoms with Gasteiger partial charge < -0.3 is 30.3 Å². The van der Waals surface area contributed by atoms with Crippen LogP contribution in [0.1, 0.15) is 47.5 Å². The summed E-state index contributed by atoms with van der Waals surface area (Å²) in [6, 6.07) is 3.28. The normalized spacial score (nSPS) is 28.7. The third-order valence-electron chi connectivity index (χ3n) is 9.16. The zero-order valence-corrected chi connectivity index (χ0v) is 24.5. The summed E-state index contributed by atoms with van der Waals surface area (Å²) in [5.74, 6) is -2.83. The van der Waals surface area contributed by atoms with Gasteiger partial charge in [-0.1, -0.05) is 40.7 Å². The van der Waals surface area contributed by atoms with E-state index in [1.54, 1.807) is 0 Å². The molecule has 3 aliphatic heterocycles. The van der Waals surface area contributed by atoms with Crippen molar-refractivity contribution in [1.82, 2.24) is 15.5 Å². The molecule has 1 saturated carbocycles. The number of nitrogens with zero attached hydrogens (tertiary/aromatic N) is 2. The van der Waals surface area contributed by atoms with Crippen LogP contribution in [0.25, 0.3) is 0 Å². The first-order chi connectivity index (χ1) is 19.7. The summed E-state index contributed by atoms with van der Waals surface area (Å²) in [6.45, 7) is 10.8. The first-order valence-corrected chi connectivity index (χ1v) is 14.4. The van der Waals surface area contributed by atoms with E-state index in [-0.39, 0.29) is 52.8 Å². The van der Waals surface area contributed by atoms with Gasteiger partial charge in [0.15, 0.2) is 17.7 Å². The fourth-order valence-corrected chi connectivity index (χ4v) is 6.54. The Bertz CT molecular complexity index is 1330. The molecule has 7 atom stereocenters. The molecular formula is C30H38FN5O6. The molecule has 5 rings (SSSR count). The lowest BCUT2D eigenvalue weighted by molar-refractivity contribution is -0.146. The summed E-state index contributed by atoms with van der Waals surface area (Å²) >= 11 is 0. The number of amides is 4. The number of fused-ring (bicyclic) bond motifs is 2. The number of benzene rings is 1. The summed E-state index contributed by atoms with van der Waals surface area (Å²) in [7, 11) is 0.